The third-order valence-electron chi connectivity index (χ3n) is 3.30. The molecule has 0 bridgehead atoms. The number of aryl methyl sites for hydroxylation is 1. The summed E-state index contributed by atoms with van der Waals surface area (Å²) >= 11 is 0. The van der Waals surface area contributed by atoms with E-state index in [0.717, 1.165) is 5.82 Å². The third-order valence-corrected chi connectivity index (χ3v) is 3.30. The lowest BCUT2D eigenvalue weighted by Crippen LogP contribution is -2.42. The van der Waals surface area contributed by atoms with Crippen molar-refractivity contribution in [2.45, 2.75) is 39.3 Å². The van der Waals surface area contributed by atoms with Gasteiger partial charge in [-0.1, -0.05) is 0 Å². The lowest BCUT2D eigenvalue weighted by atomic mass is 10.2. The molecule has 0 fully saturated rings. The molecule has 1 aromatic heterocycles. The van der Waals surface area contributed by atoms with Crippen LogP contribution in [0, 0.1) is 0 Å². The predicted octanol–water partition coefficient (Wildman–Crippen LogP) is 1.95. The number of aromatic nitrogens is 2. The second-order valence-corrected chi connectivity index (χ2v) is 6.53. The van der Waals surface area contributed by atoms with E-state index in [1.807, 2.05) is 38.6 Å². The molecule has 1 heterocycles. The van der Waals surface area contributed by atoms with Crippen molar-refractivity contribution in [2.24, 2.45) is 7.05 Å². The van der Waals surface area contributed by atoms with Crippen LogP contribution in [0.5, 0.6) is 0 Å². The quantitative estimate of drug-likeness (QED) is 0.791. The molecule has 1 rings (SSSR count). The molecule has 1 N–H and O–H groups in total. The minimum Gasteiger partial charge on any atom is -0.444 e. The summed E-state index contributed by atoms with van der Waals surface area (Å²) in [6.07, 6.45) is 3.37. The molecule has 0 aliphatic carbocycles. The summed E-state index contributed by atoms with van der Waals surface area (Å²) in [4.78, 5) is 18.2. The number of methoxy groups -OCH3 is 1. The first-order chi connectivity index (χ1) is 10.7. The van der Waals surface area contributed by atoms with Crippen molar-refractivity contribution in [3.8, 4) is 0 Å². The van der Waals surface area contributed by atoms with E-state index in [9.17, 15) is 4.79 Å². The number of hydrogen-bond acceptors (Lipinski definition) is 5. The van der Waals surface area contributed by atoms with Gasteiger partial charge in [0.2, 0.25) is 0 Å². The molecule has 23 heavy (non-hydrogen) atoms. The lowest BCUT2D eigenvalue weighted by molar-refractivity contribution is 0.0203. The van der Waals surface area contributed by atoms with Gasteiger partial charge in [0.05, 0.1) is 12.6 Å². The zero-order chi connectivity index (χ0) is 17.5. The Kier molecular flexibility index (Phi) is 7.51. The normalized spacial score (nSPS) is 13.0. The molecular formula is C16H30N4O3. The maximum absolute atomic E-state index is 12.2. The standard InChI is InChI=1S/C16H30N4O3/c1-13(14-18-7-9-19(14)5)17-8-10-20(11-12-22-6)15(21)23-16(2,3)4/h7,9,13,17H,8,10-12H2,1-6H3. The Bertz CT molecular complexity index is 482. The topological polar surface area (TPSA) is 68.6 Å². The van der Waals surface area contributed by atoms with Gasteiger partial charge >= 0.3 is 6.09 Å². The fraction of sp³-hybridized carbons (Fsp3) is 0.750. The Labute approximate surface area is 139 Å². The first-order valence-electron chi connectivity index (χ1n) is 7.92. The average molecular weight is 326 g/mol. The number of nitrogens with zero attached hydrogens (tertiary/aromatic N) is 3. The van der Waals surface area contributed by atoms with Gasteiger partial charge in [-0.15, -0.1) is 0 Å². The van der Waals surface area contributed by atoms with Gasteiger partial charge in [-0.05, 0) is 27.7 Å². The van der Waals surface area contributed by atoms with Crippen molar-refractivity contribution in [1.82, 2.24) is 19.8 Å². The van der Waals surface area contributed by atoms with Crippen LogP contribution >= 0.6 is 0 Å². The molecule has 0 aliphatic heterocycles. The number of carbonyl (C=O) groups is 1. The van der Waals surface area contributed by atoms with E-state index in [4.69, 9.17) is 9.47 Å². The van der Waals surface area contributed by atoms with E-state index < -0.39 is 5.60 Å². The molecule has 0 spiro atoms. The van der Waals surface area contributed by atoms with Crippen LogP contribution in [0.4, 0.5) is 4.79 Å². The van der Waals surface area contributed by atoms with Gasteiger partial charge in [-0.2, -0.15) is 0 Å². The molecule has 1 unspecified atom stereocenters. The smallest absolute Gasteiger partial charge is 0.410 e. The third kappa shape index (κ3) is 7.00. The number of carbonyl (C=O) groups excluding carboxylic acids is 1. The first-order valence-corrected chi connectivity index (χ1v) is 7.92. The van der Waals surface area contributed by atoms with Gasteiger partial charge in [0.1, 0.15) is 11.4 Å². The van der Waals surface area contributed by atoms with Crippen LogP contribution in [0.15, 0.2) is 12.4 Å². The molecule has 7 nitrogen and oxygen atoms in total. The van der Waals surface area contributed by atoms with Gasteiger partial charge < -0.3 is 24.3 Å². The van der Waals surface area contributed by atoms with E-state index in [0.29, 0.717) is 26.2 Å². The number of imidazole rings is 1. The van der Waals surface area contributed by atoms with Crippen molar-refractivity contribution in [3.63, 3.8) is 0 Å². The fourth-order valence-corrected chi connectivity index (χ4v) is 2.12. The molecule has 1 aromatic rings. The summed E-state index contributed by atoms with van der Waals surface area (Å²) in [7, 11) is 3.58. The van der Waals surface area contributed by atoms with E-state index in [2.05, 4.69) is 17.2 Å². The Balaban J connectivity index is 2.50. The zero-order valence-corrected chi connectivity index (χ0v) is 15.1. The lowest BCUT2D eigenvalue weighted by Gasteiger charge is -2.27. The fourth-order valence-electron chi connectivity index (χ4n) is 2.12. The maximum Gasteiger partial charge on any atom is 0.410 e. The molecule has 0 aromatic carbocycles. The number of amides is 1. The molecule has 0 radical (unpaired) electrons. The van der Waals surface area contributed by atoms with E-state index in [1.54, 1.807) is 18.2 Å². The molecule has 1 amide bonds. The van der Waals surface area contributed by atoms with E-state index in [1.165, 1.54) is 0 Å². The minimum absolute atomic E-state index is 0.109. The van der Waals surface area contributed by atoms with Gasteiger partial charge in [0, 0.05) is 46.2 Å². The SMILES string of the molecule is COCCN(CCNC(C)c1nccn1C)C(=O)OC(C)(C)C. The van der Waals surface area contributed by atoms with Crippen LogP contribution in [0.3, 0.4) is 0 Å². The predicted molar refractivity (Wildman–Crippen MR) is 89.3 cm³/mol. The molecule has 132 valence electrons. The summed E-state index contributed by atoms with van der Waals surface area (Å²) < 4.78 is 12.5. The van der Waals surface area contributed by atoms with Crippen LogP contribution in [0.1, 0.15) is 39.6 Å². The molecule has 7 heteroatoms. The first kappa shape index (κ1) is 19.4. The van der Waals surface area contributed by atoms with Gasteiger partial charge in [-0.3, -0.25) is 0 Å². The monoisotopic (exact) mass is 326 g/mol. The van der Waals surface area contributed by atoms with Crippen molar-refractivity contribution in [3.05, 3.63) is 18.2 Å². The highest BCUT2D eigenvalue weighted by Crippen LogP contribution is 2.10. The van der Waals surface area contributed by atoms with Gasteiger partial charge in [-0.25, -0.2) is 9.78 Å². The van der Waals surface area contributed by atoms with Gasteiger partial charge in [0.15, 0.2) is 0 Å². The molecule has 0 saturated heterocycles. The average Bonchev–Trinajstić information content (AvgIpc) is 2.86. The Morgan fingerprint density at radius 3 is 2.65 bits per heavy atom. The number of hydrogen-bond donors (Lipinski definition) is 1. The van der Waals surface area contributed by atoms with Crippen LogP contribution < -0.4 is 5.32 Å². The summed E-state index contributed by atoms with van der Waals surface area (Å²) in [5, 5.41) is 3.38. The Morgan fingerprint density at radius 2 is 2.13 bits per heavy atom. The largest absolute Gasteiger partial charge is 0.444 e. The summed E-state index contributed by atoms with van der Waals surface area (Å²) in [6.45, 7) is 9.82. The van der Waals surface area contributed by atoms with Gasteiger partial charge in [0.25, 0.3) is 0 Å². The minimum atomic E-state index is -0.504. The van der Waals surface area contributed by atoms with E-state index in [-0.39, 0.29) is 12.1 Å². The Hall–Kier alpha value is -1.60. The maximum atomic E-state index is 12.2. The summed E-state index contributed by atoms with van der Waals surface area (Å²) in [5.74, 6) is 0.964. The van der Waals surface area contributed by atoms with Crippen LogP contribution in [0.25, 0.3) is 0 Å². The molecule has 1 atom stereocenters. The van der Waals surface area contributed by atoms with Crippen LogP contribution in [-0.4, -0.2) is 59.5 Å². The highest BCUT2D eigenvalue weighted by molar-refractivity contribution is 5.68. The number of nitrogens with one attached hydrogen (secondary N) is 1. The highest BCUT2D eigenvalue weighted by Gasteiger charge is 2.22. The van der Waals surface area contributed by atoms with Crippen molar-refractivity contribution in [1.29, 1.82) is 0 Å². The number of ether oxygens (including phenoxy) is 2. The van der Waals surface area contributed by atoms with Crippen LogP contribution in [0.2, 0.25) is 0 Å². The number of rotatable bonds is 8. The summed E-state index contributed by atoms with van der Waals surface area (Å²) in [6, 6.07) is 0.109. The second-order valence-electron chi connectivity index (χ2n) is 6.53. The highest BCUT2D eigenvalue weighted by atomic mass is 16.6. The van der Waals surface area contributed by atoms with Crippen molar-refractivity contribution in [2.75, 3.05) is 33.4 Å². The Morgan fingerprint density at radius 1 is 1.43 bits per heavy atom. The molecule has 0 saturated carbocycles. The second kappa shape index (κ2) is 8.88. The molecule has 0 aliphatic rings. The van der Waals surface area contributed by atoms with Crippen molar-refractivity contribution < 1.29 is 14.3 Å². The zero-order valence-electron chi connectivity index (χ0n) is 15.1. The molecular weight excluding hydrogens is 296 g/mol. The van der Waals surface area contributed by atoms with E-state index >= 15 is 0 Å². The van der Waals surface area contributed by atoms with Crippen molar-refractivity contribution >= 4 is 6.09 Å². The summed E-state index contributed by atoms with van der Waals surface area (Å²) in [5.41, 5.74) is -0.504. The van der Waals surface area contributed by atoms with Crippen LogP contribution in [-0.2, 0) is 16.5 Å².